The number of phenols is 1. The molecule has 1 heterocycles. The van der Waals surface area contributed by atoms with Crippen molar-refractivity contribution in [3.63, 3.8) is 0 Å². The Morgan fingerprint density at radius 3 is 2.32 bits per heavy atom. The Morgan fingerprint density at radius 1 is 0.968 bits per heavy atom. The molecular formula is C26H24FNO3. The van der Waals surface area contributed by atoms with E-state index >= 15 is 0 Å². The Kier molecular flexibility index (Phi) is 5.10. The van der Waals surface area contributed by atoms with Gasteiger partial charge in [0.05, 0.1) is 0 Å². The number of phenolic OH excluding ortho intramolecular Hbond substituents is 1. The van der Waals surface area contributed by atoms with Gasteiger partial charge < -0.3 is 14.7 Å². The summed E-state index contributed by atoms with van der Waals surface area (Å²) in [6.45, 7) is 1.25. The van der Waals surface area contributed by atoms with Crippen LogP contribution in [0.25, 0.3) is 11.1 Å². The maximum Gasteiger partial charge on any atom is 0.409 e. The molecule has 5 heteroatoms. The molecule has 1 aliphatic carbocycles. The minimum Gasteiger partial charge on any atom is -0.505 e. The molecule has 1 saturated heterocycles. The quantitative estimate of drug-likeness (QED) is 0.598. The molecule has 3 aromatic rings. The van der Waals surface area contributed by atoms with Crippen molar-refractivity contribution in [2.75, 3.05) is 19.7 Å². The highest BCUT2D eigenvalue weighted by Crippen LogP contribution is 2.44. The van der Waals surface area contributed by atoms with Crippen LogP contribution in [0.3, 0.4) is 0 Å². The van der Waals surface area contributed by atoms with E-state index in [4.69, 9.17) is 4.74 Å². The van der Waals surface area contributed by atoms with Gasteiger partial charge >= 0.3 is 6.09 Å². The lowest BCUT2D eigenvalue weighted by molar-refractivity contribution is 0.0889. The van der Waals surface area contributed by atoms with E-state index in [-0.39, 0.29) is 30.3 Å². The average Bonchev–Trinajstić information content (AvgIpc) is 3.13. The average molecular weight is 417 g/mol. The Morgan fingerprint density at radius 2 is 1.61 bits per heavy atom. The van der Waals surface area contributed by atoms with Crippen molar-refractivity contribution < 1.29 is 19.0 Å². The SMILES string of the molecule is O=C(OCC1c2ccccc2-c2ccccc21)N1CCCC(c2cccc(O)c2F)C1. The molecule has 1 fully saturated rings. The van der Waals surface area contributed by atoms with Gasteiger partial charge in [-0.25, -0.2) is 9.18 Å². The van der Waals surface area contributed by atoms with Gasteiger partial charge in [0, 0.05) is 24.9 Å². The van der Waals surface area contributed by atoms with E-state index in [0.29, 0.717) is 18.7 Å². The monoisotopic (exact) mass is 417 g/mol. The number of likely N-dealkylation sites (tertiary alicyclic amines) is 1. The van der Waals surface area contributed by atoms with E-state index in [1.165, 1.54) is 28.3 Å². The Bertz CT molecular complexity index is 1080. The Balaban J connectivity index is 1.29. The predicted molar refractivity (Wildman–Crippen MR) is 117 cm³/mol. The fraction of sp³-hybridized carbons (Fsp3) is 0.269. The predicted octanol–water partition coefficient (Wildman–Crippen LogP) is 5.66. The molecule has 4 nitrogen and oxygen atoms in total. The molecule has 1 unspecified atom stereocenters. The summed E-state index contributed by atoms with van der Waals surface area (Å²) in [6.07, 6.45) is 1.17. The molecule has 31 heavy (non-hydrogen) atoms. The van der Waals surface area contributed by atoms with Gasteiger partial charge in [-0.05, 0) is 46.7 Å². The topological polar surface area (TPSA) is 49.8 Å². The Labute approximate surface area is 180 Å². The minimum absolute atomic E-state index is 0.0143. The van der Waals surface area contributed by atoms with Crippen LogP contribution in [0.15, 0.2) is 66.7 Å². The van der Waals surface area contributed by atoms with Crippen LogP contribution in [-0.2, 0) is 4.74 Å². The largest absolute Gasteiger partial charge is 0.505 e. The second kappa shape index (κ2) is 8.06. The van der Waals surface area contributed by atoms with Crippen molar-refractivity contribution >= 4 is 6.09 Å². The molecule has 158 valence electrons. The van der Waals surface area contributed by atoms with Crippen molar-refractivity contribution in [2.24, 2.45) is 0 Å². The number of carbonyl (C=O) groups excluding carboxylic acids is 1. The molecule has 0 spiro atoms. The summed E-state index contributed by atoms with van der Waals surface area (Å²) >= 11 is 0. The van der Waals surface area contributed by atoms with Gasteiger partial charge in [-0.2, -0.15) is 0 Å². The highest BCUT2D eigenvalue weighted by Gasteiger charge is 2.31. The molecule has 1 N–H and O–H groups in total. The highest BCUT2D eigenvalue weighted by molar-refractivity contribution is 5.79. The van der Waals surface area contributed by atoms with Crippen molar-refractivity contribution in [2.45, 2.75) is 24.7 Å². The summed E-state index contributed by atoms with van der Waals surface area (Å²) in [5, 5.41) is 9.69. The summed E-state index contributed by atoms with van der Waals surface area (Å²) in [4.78, 5) is 14.5. The molecule has 0 bridgehead atoms. The number of fused-ring (bicyclic) bond motifs is 3. The number of hydrogen-bond donors (Lipinski definition) is 1. The van der Waals surface area contributed by atoms with Crippen LogP contribution in [0.5, 0.6) is 5.75 Å². The first-order valence-corrected chi connectivity index (χ1v) is 10.7. The van der Waals surface area contributed by atoms with Crippen molar-refractivity contribution in [3.05, 3.63) is 89.2 Å². The first kappa shape index (κ1) is 19.6. The number of benzene rings is 3. The van der Waals surface area contributed by atoms with Gasteiger partial charge in [-0.3, -0.25) is 0 Å². The fourth-order valence-corrected chi connectivity index (χ4v) is 4.93. The zero-order valence-electron chi connectivity index (χ0n) is 17.1. The maximum absolute atomic E-state index is 14.4. The van der Waals surface area contributed by atoms with Crippen LogP contribution < -0.4 is 0 Å². The normalized spacial score (nSPS) is 17.8. The van der Waals surface area contributed by atoms with Gasteiger partial charge in [0.25, 0.3) is 0 Å². The number of nitrogens with zero attached hydrogens (tertiary/aromatic N) is 1. The van der Waals surface area contributed by atoms with Gasteiger partial charge in [0.1, 0.15) is 6.61 Å². The molecule has 1 amide bonds. The second-order valence-corrected chi connectivity index (χ2v) is 8.27. The van der Waals surface area contributed by atoms with Gasteiger partial charge in [-0.15, -0.1) is 0 Å². The molecule has 1 aliphatic heterocycles. The zero-order chi connectivity index (χ0) is 21.4. The van der Waals surface area contributed by atoms with Gasteiger partial charge in [0.2, 0.25) is 0 Å². The van der Waals surface area contributed by atoms with E-state index in [9.17, 15) is 14.3 Å². The van der Waals surface area contributed by atoms with E-state index in [2.05, 4.69) is 24.3 Å². The second-order valence-electron chi connectivity index (χ2n) is 8.27. The lowest BCUT2D eigenvalue weighted by atomic mass is 9.90. The maximum atomic E-state index is 14.4. The number of hydrogen-bond acceptors (Lipinski definition) is 3. The number of rotatable bonds is 3. The van der Waals surface area contributed by atoms with Gasteiger partial charge in [0.15, 0.2) is 11.6 Å². The highest BCUT2D eigenvalue weighted by atomic mass is 19.1. The zero-order valence-corrected chi connectivity index (χ0v) is 17.1. The third kappa shape index (κ3) is 3.54. The number of aromatic hydroxyl groups is 1. The molecule has 0 saturated carbocycles. The van der Waals surface area contributed by atoms with Gasteiger partial charge in [-0.1, -0.05) is 60.7 Å². The first-order chi connectivity index (χ1) is 15.1. The van der Waals surface area contributed by atoms with E-state index in [1.54, 1.807) is 17.0 Å². The Hall–Kier alpha value is -3.34. The molecular weight excluding hydrogens is 393 g/mol. The number of carbonyl (C=O) groups is 1. The third-order valence-electron chi connectivity index (χ3n) is 6.46. The molecule has 0 aromatic heterocycles. The first-order valence-electron chi connectivity index (χ1n) is 10.7. The number of piperidine rings is 1. The molecule has 0 radical (unpaired) electrons. The van der Waals surface area contributed by atoms with Crippen LogP contribution in [-0.4, -0.2) is 35.8 Å². The van der Waals surface area contributed by atoms with E-state index < -0.39 is 5.82 Å². The molecule has 3 aromatic carbocycles. The smallest absolute Gasteiger partial charge is 0.409 e. The summed E-state index contributed by atoms with van der Waals surface area (Å²) in [7, 11) is 0. The molecule has 2 aliphatic rings. The third-order valence-corrected chi connectivity index (χ3v) is 6.46. The van der Waals surface area contributed by atoms with Crippen molar-refractivity contribution in [3.8, 4) is 16.9 Å². The number of ether oxygens (including phenoxy) is 1. The van der Waals surface area contributed by atoms with Crippen LogP contribution >= 0.6 is 0 Å². The fourth-order valence-electron chi connectivity index (χ4n) is 4.93. The summed E-state index contributed by atoms with van der Waals surface area (Å²) < 4.78 is 20.1. The van der Waals surface area contributed by atoms with E-state index in [1.807, 2.05) is 24.3 Å². The lowest BCUT2D eigenvalue weighted by Gasteiger charge is -2.32. The molecule has 5 rings (SSSR count). The standard InChI is InChI=1S/C26H24FNO3/c27-25-18(12-5-13-24(25)29)17-7-6-14-28(15-17)26(30)31-16-23-21-10-3-1-8-19(21)20-9-2-4-11-22(20)23/h1-5,8-13,17,23,29H,6-7,14-16H2. The van der Waals surface area contributed by atoms with Crippen LogP contribution in [0.4, 0.5) is 9.18 Å². The summed E-state index contributed by atoms with van der Waals surface area (Å²) in [5.74, 6) is -1.08. The van der Waals surface area contributed by atoms with Crippen LogP contribution in [0, 0.1) is 5.82 Å². The summed E-state index contributed by atoms with van der Waals surface area (Å²) in [5.41, 5.74) is 5.19. The molecule has 1 atom stereocenters. The van der Waals surface area contributed by atoms with Crippen LogP contribution in [0.1, 0.15) is 41.4 Å². The number of halogens is 1. The lowest BCUT2D eigenvalue weighted by Crippen LogP contribution is -2.40. The summed E-state index contributed by atoms with van der Waals surface area (Å²) in [6, 6.07) is 21.1. The van der Waals surface area contributed by atoms with Crippen molar-refractivity contribution in [1.29, 1.82) is 0 Å². The van der Waals surface area contributed by atoms with E-state index in [0.717, 1.165) is 12.8 Å². The number of amides is 1. The minimum atomic E-state index is -0.595. The van der Waals surface area contributed by atoms with Crippen LogP contribution in [0.2, 0.25) is 0 Å². The van der Waals surface area contributed by atoms with Crippen molar-refractivity contribution in [1.82, 2.24) is 4.90 Å².